The number of halogens is 3. The summed E-state index contributed by atoms with van der Waals surface area (Å²) in [6, 6.07) is 5.59. The van der Waals surface area contributed by atoms with Crippen LogP contribution in [-0.4, -0.2) is 62.1 Å². The van der Waals surface area contributed by atoms with Crippen molar-refractivity contribution in [2.75, 3.05) is 44.3 Å². The maximum Gasteiger partial charge on any atom is 0.417 e. The maximum atomic E-state index is 13.4. The molecule has 1 spiro atoms. The fourth-order valence-electron chi connectivity index (χ4n) is 5.11. The lowest BCUT2D eigenvalue weighted by atomic mass is 9.70. The first-order valence-corrected chi connectivity index (χ1v) is 11.7. The summed E-state index contributed by atoms with van der Waals surface area (Å²) in [4.78, 5) is 29.3. The van der Waals surface area contributed by atoms with Crippen LogP contribution in [0.25, 0.3) is 0 Å². The van der Waals surface area contributed by atoms with Gasteiger partial charge >= 0.3 is 6.18 Å². The Morgan fingerprint density at radius 1 is 1.26 bits per heavy atom. The highest BCUT2D eigenvalue weighted by Gasteiger charge is 2.52. The summed E-state index contributed by atoms with van der Waals surface area (Å²) in [6.45, 7) is 3.91. The van der Waals surface area contributed by atoms with Crippen molar-refractivity contribution in [3.05, 3.63) is 29.3 Å². The second-order valence-corrected chi connectivity index (χ2v) is 9.44. The lowest BCUT2D eigenvalue weighted by molar-refractivity contribution is -0.138. The van der Waals surface area contributed by atoms with Crippen LogP contribution in [0, 0.1) is 22.7 Å². The van der Waals surface area contributed by atoms with E-state index in [0.717, 1.165) is 18.9 Å². The summed E-state index contributed by atoms with van der Waals surface area (Å²) in [7, 11) is 0. The number of nitrogens with one attached hydrogen (secondary N) is 1. The zero-order chi connectivity index (χ0) is 24.5. The van der Waals surface area contributed by atoms with E-state index in [4.69, 9.17) is 10.00 Å². The van der Waals surface area contributed by atoms with E-state index in [1.165, 1.54) is 12.1 Å². The molecule has 7 nitrogen and oxygen atoms in total. The first-order valence-electron chi connectivity index (χ1n) is 11.7. The van der Waals surface area contributed by atoms with Crippen molar-refractivity contribution in [2.45, 2.75) is 44.8 Å². The number of ether oxygens (including phenoxy) is 1. The van der Waals surface area contributed by atoms with E-state index in [1.54, 1.807) is 11.0 Å². The SMILES string of the molecule is CCOCC(=O)N1CC(C(=O)NC2CC2)C2(CCN(c3ccc(C#N)c(C(F)(F)F)c3)CC2)C1. The zero-order valence-corrected chi connectivity index (χ0v) is 19.2. The van der Waals surface area contributed by atoms with E-state index >= 15 is 0 Å². The predicted molar refractivity (Wildman–Crippen MR) is 118 cm³/mol. The van der Waals surface area contributed by atoms with E-state index in [0.29, 0.717) is 51.3 Å². The quantitative estimate of drug-likeness (QED) is 0.680. The summed E-state index contributed by atoms with van der Waals surface area (Å²) < 4.78 is 45.5. The fourth-order valence-corrected chi connectivity index (χ4v) is 5.11. The van der Waals surface area contributed by atoms with Crippen LogP contribution >= 0.6 is 0 Å². The number of hydrogen-bond acceptors (Lipinski definition) is 5. The van der Waals surface area contributed by atoms with Crippen LogP contribution in [0.4, 0.5) is 18.9 Å². The molecule has 0 bridgehead atoms. The van der Waals surface area contributed by atoms with E-state index in [1.807, 2.05) is 11.8 Å². The molecule has 1 aromatic rings. The monoisotopic (exact) mass is 478 g/mol. The minimum Gasteiger partial charge on any atom is -0.372 e. The molecule has 1 aromatic carbocycles. The van der Waals surface area contributed by atoms with Crippen molar-refractivity contribution >= 4 is 17.5 Å². The third kappa shape index (κ3) is 4.99. The molecule has 2 heterocycles. The molecule has 2 amide bonds. The van der Waals surface area contributed by atoms with Gasteiger partial charge in [0.25, 0.3) is 0 Å². The van der Waals surface area contributed by atoms with E-state index < -0.39 is 22.7 Å². The number of rotatable bonds is 6. The second kappa shape index (κ2) is 9.45. The van der Waals surface area contributed by atoms with Gasteiger partial charge in [0, 0.05) is 49.9 Å². The van der Waals surface area contributed by atoms with Crippen molar-refractivity contribution in [3.8, 4) is 6.07 Å². The fraction of sp³-hybridized carbons (Fsp3) is 0.625. The number of carbonyl (C=O) groups is 2. The Kier molecular flexibility index (Phi) is 6.76. The van der Waals surface area contributed by atoms with Crippen molar-refractivity contribution in [1.82, 2.24) is 10.2 Å². The molecule has 4 rings (SSSR count). The molecule has 3 fully saturated rings. The molecule has 1 unspecified atom stereocenters. The Morgan fingerprint density at radius 3 is 2.56 bits per heavy atom. The number of alkyl halides is 3. The molecule has 2 aliphatic heterocycles. The summed E-state index contributed by atoms with van der Waals surface area (Å²) in [5.41, 5.74) is -1.36. The molecule has 1 N–H and O–H groups in total. The Hall–Kier alpha value is -2.80. The topological polar surface area (TPSA) is 85.7 Å². The highest BCUT2D eigenvalue weighted by Crippen LogP contribution is 2.46. The van der Waals surface area contributed by atoms with Gasteiger partial charge in [-0.3, -0.25) is 9.59 Å². The molecule has 2 saturated heterocycles. The third-order valence-corrected chi connectivity index (χ3v) is 7.22. The first-order chi connectivity index (χ1) is 16.2. The van der Waals surface area contributed by atoms with Gasteiger partial charge in [0.2, 0.25) is 11.8 Å². The van der Waals surface area contributed by atoms with Crippen LogP contribution in [0.1, 0.15) is 43.7 Å². The standard InChI is InChI=1S/C24H29F3N4O3/c1-2-34-14-21(32)31-13-20(22(33)29-17-4-5-17)23(15-31)7-9-30(10-8-23)18-6-3-16(12-28)19(11-18)24(25,26)27/h3,6,11,17,20H,2,4-5,7-10,13-15H2,1H3,(H,29,33). The van der Waals surface area contributed by atoms with Crippen LogP contribution in [0.3, 0.4) is 0 Å². The Balaban J connectivity index is 1.51. The number of benzene rings is 1. The normalized spacial score (nSPS) is 22.0. The molecule has 1 saturated carbocycles. The zero-order valence-electron chi connectivity index (χ0n) is 19.2. The molecule has 184 valence electrons. The van der Waals surface area contributed by atoms with Crippen LogP contribution in [0.5, 0.6) is 0 Å². The smallest absolute Gasteiger partial charge is 0.372 e. The van der Waals surface area contributed by atoms with Gasteiger partial charge in [0.05, 0.1) is 23.1 Å². The van der Waals surface area contributed by atoms with Gasteiger partial charge in [0.15, 0.2) is 0 Å². The average Bonchev–Trinajstić information content (AvgIpc) is 3.55. The molecule has 34 heavy (non-hydrogen) atoms. The summed E-state index contributed by atoms with van der Waals surface area (Å²) >= 11 is 0. The van der Waals surface area contributed by atoms with Crippen LogP contribution in [-0.2, 0) is 20.5 Å². The number of amides is 2. The van der Waals surface area contributed by atoms with Gasteiger partial charge in [-0.2, -0.15) is 18.4 Å². The van der Waals surface area contributed by atoms with Gasteiger partial charge in [0.1, 0.15) is 6.61 Å². The summed E-state index contributed by atoms with van der Waals surface area (Å²) in [6.07, 6.45) is -1.53. The molecule has 1 atom stereocenters. The summed E-state index contributed by atoms with van der Waals surface area (Å²) in [5, 5.41) is 12.1. The Morgan fingerprint density at radius 2 is 1.97 bits per heavy atom. The van der Waals surface area contributed by atoms with Gasteiger partial charge in [-0.15, -0.1) is 0 Å². The number of nitrogens with zero attached hydrogens (tertiary/aromatic N) is 3. The number of piperidine rings is 1. The second-order valence-electron chi connectivity index (χ2n) is 9.44. The molecule has 0 radical (unpaired) electrons. The molecular formula is C24H29F3N4O3. The average molecular weight is 479 g/mol. The number of hydrogen-bond donors (Lipinski definition) is 1. The van der Waals surface area contributed by atoms with Crippen LogP contribution in [0.15, 0.2) is 18.2 Å². The van der Waals surface area contributed by atoms with Crippen molar-refractivity contribution in [2.24, 2.45) is 11.3 Å². The molecule has 1 aliphatic carbocycles. The van der Waals surface area contributed by atoms with E-state index in [9.17, 15) is 22.8 Å². The van der Waals surface area contributed by atoms with Crippen LogP contribution < -0.4 is 10.2 Å². The largest absolute Gasteiger partial charge is 0.417 e. The lowest BCUT2D eigenvalue weighted by Gasteiger charge is -2.43. The number of likely N-dealkylation sites (tertiary alicyclic amines) is 1. The molecule has 10 heteroatoms. The van der Waals surface area contributed by atoms with Crippen molar-refractivity contribution < 1.29 is 27.5 Å². The highest BCUT2D eigenvalue weighted by atomic mass is 19.4. The number of nitriles is 1. The predicted octanol–water partition coefficient (Wildman–Crippen LogP) is 2.94. The van der Waals surface area contributed by atoms with Crippen LogP contribution in [0.2, 0.25) is 0 Å². The Bertz CT molecular complexity index is 979. The van der Waals surface area contributed by atoms with Gasteiger partial charge < -0.3 is 19.9 Å². The van der Waals surface area contributed by atoms with E-state index in [-0.39, 0.29) is 30.4 Å². The highest BCUT2D eigenvalue weighted by molar-refractivity contribution is 5.84. The number of carbonyl (C=O) groups excluding carboxylic acids is 2. The lowest BCUT2D eigenvalue weighted by Crippen LogP contribution is -2.49. The summed E-state index contributed by atoms with van der Waals surface area (Å²) in [5.74, 6) is -0.541. The molecule has 0 aromatic heterocycles. The molecular weight excluding hydrogens is 449 g/mol. The number of anilines is 1. The minimum absolute atomic E-state index is 0.0267. The van der Waals surface area contributed by atoms with Gasteiger partial charge in [-0.05, 0) is 50.8 Å². The van der Waals surface area contributed by atoms with E-state index in [2.05, 4.69) is 5.32 Å². The van der Waals surface area contributed by atoms with Crippen molar-refractivity contribution in [3.63, 3.8) is 0 Å². The molecule has 3 aliphatic rings. The Labute approximate surface area is 196 Å². The third-order valence-electron chi connectivity index (χ3n) is 7.22. The van der Waals surface area contributed by atoms with Gasteiger partial charge in [-0.25, -0.2) is 0 Å². The van der Waals surface area contributed by atoms with Crippen molar-refractivity contribution in [1.29, 1.82) is 5.26 Å². The minimum atomic E-state index is -4.61. The maximum absolute atomic E-state index is 13.4. The van der Waals surface area contributed by atoms with Gasteiger partial charge in [-0.1, -0.05) is 0 Å². The first kappa shape index (κ1) is 24.3.